The number of hydrogen-bond acceptors (Lipinski definition) is 4. The maximum absolute atomic E-state index is 13.6. The molecule has 1 rings (SSSR count). The first-order valence-electron chi connectivity index (χ1n) is 8.05. The molecule has 0 aliphatic heterocycles. The van der Waals surface area contributed by atoms with Crippen LogP contribution >= 0.6 is 11.8 Å². The third-order valence-corrected chi connectivity index (χ3v) is 4.74. The van der Waals surface area contributed by atoms with Gasteiger partial charge in [-0.25, -0.2) is 9.07 Å². The van der Waals surface area contributed by atoms with E-state index in [0.29, 0.717) is 17.9 Å². The molecule has 1 amide bonds. The highest BCUT2D eigenvalue weighted by molar-refractivity contribution is 7.98. The van der Waals surface area contributed by atoms with Gasteiger partial charge in [-0.3, -0.25) is 9.79 Å². The first kappa shape index (κ1) is 21.2. The van der Waals surface area contributed by atoms with Crippen molar-refractivity contribution in [3.63, 3.8) is 0 Å². The van der Waals surface area contributed by atoms with Crippen molar-refractivity contribution in [2.75, 3.05) is 23.5 Å². The minimum atomic E-state index is -0.508. The number of hydrogen-bond donors (Lipinski definition) is 0. The molecule has 138 valence electrons. The molecule has 25 heavy (non-hydrogen) atoms. The van der Waals surface area contributed by atoms with Gasteiger partial charge in [-0.05, 0) is 39.8 Å². The predicted octanol–water partition coefficient (Wildman–Crippen LogP) is 4.31. The van der Waals surface area contributed by atoms with Crippen LogP contribution in [0.25, 0.3) is 5.70 Å². The van der Waals surface area contributed by atoms with Gasteiger partial charge in [0.2, 0.25) is 5.91 Å². The van der Waals surface area contributed by atoms with Crippen LogP contribution in [0.15, 0.2) is 29.3 Å². The molecule has 0 aromatic carbocycles. The Morgan fingerprint density at radius 2 is 2.20 bits per heavy atom. The lowest BCUT2D eigenvalue weighted by Crippen LogP contribution is -2.42. The minimum absolute atomic E-state index is 0.0515. The van der Waals surface area contributed by atoms with Gasteiger partial charge in [0.25, 0.3) is 0 Å². The second kappa shape index (κ2) is 8.99. The largest absolute Gasteiger partial charge is 0.309 e. The van der Waals surface area contributed by atoms with Crippen LogP contribution in [0.2, 0.25) is 0 Å². The fraction of sp³-hybridized carbons (Fsp3) is 0.500. The summed E-state index contributed by atoms with van der Waals surface area (Å²) in [5.41, 5.74) is 1.56. The van der Waals surface area contributed by atoms with E-state index in [1.165, 1.54) is 6.08 Å². The Morgan fingerprint density at radius 3 is 2.72 bits per heavy atom. The molecule has 0 unspecified atom stereocenters. The number of allylic oxidation sites excluding steroid dienone is 3. The molecule has 0 bridgehead atoms. The van der Waals surface area contributed by atoms with E-state index < -0.39 is 11.2 Å². The molecule has 1 aromatic rings. The van der Waals surface area contributed by atoms with Crippen molar-refractivity contribution in [2.24, 2.45) is 10.4 Å². The molecule has 0 N–H and O–H groups in total. The van der Waals surface area contributed by atoms with Crippen molar-refractivity contribution in [3.05, 3.63) is 30.0 Å². The molecule has 0 aliphatic carbocycles. The fourth-order valence-corrected chi connectivity index (χ4v) is 3.34. The summed E-state index contributed by atoms with van der Waals surface area (Å²) in [6.45, 7) is 13.2. The Balaban J connectivity index is 3.21. The van der Waals surface area contributed by atoms with Gasteiger partial charge >= 0.3 is 0 Å². The average Bonchev–Trinajstić information content (AvgIpc) is 2.90. The van der Waals surface area contributed by atoms with Crippen molar-refractivity contribution in [2.45, 2.75) is 34.6 Å². The zero-order valence-corrected chi connectivity index (χ0v) is 16.7. The molecule has 7 heteroatoms. The van der Waals surface area contributed by atoms with Crippen LogP contribution in [0.3, 0.4) is 0 Å². The highest BCUT2D eigenvalue weighted by Crippen LogP contribution is 2.29. The van der Waals surface area contributed by atoms with E-state index in [-0.39, 0.29) is 5.91 Å². The third kappa shape index (κ3) is 5.29. The molecular weight excluding hydrogens is 339 g/mol. The summed E-state index contributed by atoms with van der Waals surface area (Å²) in [5.74, 6) is 0.279. The van der Waals surface area contributed by atoms with Crippen molar-refractivity contribution in [1.29, 1.82) is 0 Å². The van der Waals surface area contributed by atoms with Crippen LogP contribution in [0.5, 0.6) is 0 Å². The van der Waals surface area contributed by atoms with E-state index in [1.807, 2.05) is 34.0 Å². The number of thioether (sulfide) groups is 1. The zero-order valence-electron chi connectivity index (χ0n) is 15.8. The molecule has 0 saturated heterocycles. The van der Waals surface area contributed by atoms with Crippen LogP contribution < -0.4 is 4.90 Å². The number of halogens is 1. The van der Waals surface area contributed by atoms with Crippen molar-refractivity contribution in [3.8, 4) is 0 Å². The van der Waals surface area contributed by atoms with E-state index in [0.717, 1.165) is 17.6 Å². The number of carbonyl (C=O) groups is 1. The lowest BCUT2D eigenvalue weighted by Gasteiger charge is -2.30. The van der Waals surface area contributed by atoms with E-state index in [1.54, 1.807) is 34.5 Å². The Bertz CT molecular complexity index is 691. The first-order chi connectivity index (χ1) is 11.7. The Hall–Kier alpha value is -1.89. The summed E-state index contributed by atoms with van der Waals surface area (Å²) >= 11 is 1.65. The monoisotopic (exact) mass is 366 g/mol. The quantitative estimate of drug-likeness (QED) is 0.509. The number of rotatable bonds is 8. The van der Waals surface area contributed by atoms with Crippen molar-refractivity contribution in [1.82, 2.24) is 9.78 Å². The number of amides is 1. The predicted molar refractivity (Wildman–Crippen MR) is 106 cm³/mol. The molecule has 0 atom stereocenters. The molecule has 0 fully saturated rings. The topological polar surface area (TPSA) is 50.5 Å². The summed E-state index contributed by atoms with van der Waals surface area (Å²) in [6.07, 6.45) is 6.10. The van der Waals surface area contributed by atoms with Gasteiger partial charge in [0.05, 0.1) is 29.2 Å². The van der Waals surface area contributed by atoms with Crippen LogP contribution in [0.1, 0.15) is 33.4 Å². The van der Waals surface area contributed by atoms with Crippen LogP contribution in [0, 0.1) is 12.3 Å². The lowest BCUT2D eigenvalue weighted by molar-refractivity contribution is -0.125. The maximum atomic E-state index is 13.6. The molecule has 0 aliphatic rings. The molecule has 0 saturated carbocycles. The number of aromatic nitrogens is 2. The van der Waals surface area contributed by atoms with Crippen LogP contribution in [-0.4, -0.2) is 41.0 Å². The zero-order chi connectivity index (χ0) is 19.2. The average molecular weight is 367 g/mol. The number of aliphatic imine (C=N–C) groups is 1. The Kier molecular flexibility index (Phi) is 7.60. The van der Waals surface area contributed by atoms with Crippen LogP contribution in [-0.2, 0) is 4.79 Å². The maximum Gasteiger partial charge on any atom is 0.233 e. The molecule has 0 radical (unpaired) electrons. The number of nitrogens with zero attached hydrogens (tertiary/aromatic N) is 4. The van der Waals surface area contributed by atoms with Gasteiger partial charge in [0.1, 0.15) is 5.83 Å². The molecule has 5 nitrogen and oxygen atoms in total. The van der Waals surface area contributed by atoms with Gasteiger partial charge in [0, 0.05) is 18.0 Å². The number of anilines is 1. The van der Waals surface area contributed by atoms with Gasteiger partial charge < -0.3 is 4.90 Å². The molecular formula is C18H27FN4OS. The number of aryl methyl sites for hydroxylation is 1. The summed E-state index contributed by atoms with van der Waals surface area (Å²) in [7, 11) is 0. The standard InChI is InChI=1S/C18H27FN4OS/c1-8-22(17(24)18(4,5)12-25-7)16-11-23(21-14(16)3)13(2)9-15(19)10-20-6/h9-11H,6,8,12H2,1-5,7H3/b13-9+,15-10+. The Morgan fingerprint density at radius 1 is 1.56 bits per heavy atom. The second-order valence-electron chi connectivity index (χ2n) is 6.39. The highest BCUT2D eigenvalue weighted by Gasteiger charge is 2.33. The summed E-state index contributed by atoms with van der Waals surface area (Å²) in [4.78, 5) is 18.1. The second-order valence-corrected chi connectivity index (χ2v) is 7.26. The highest BCUT2D eigenvalue weighted by atomic mass is 32.2. The van der Waals surface area contributed by atoms with Gasteiger partial charge in [-0.15, -0.1) is 0 Å². The Labute approximate surface area is 153 Å². The van der Waals surface area contributed by atoms with E-state index >= 15 is 0 Å². The summed E-state index contributed by atoms with van der Waals surface area (Å²) in [6, 6.07) is 0. The van der Waals surface area contributed by atoms with E-state index in [9.17, 15) is 9.18 Å². The van der Waals surface area contributed by atoms with Crippen LogP contribution in [0.4, 0.5) is 10.1 Å². The number of carbonyl (C=O) groups excluding carboxylic acids is 1. The smallest absolute Gasteiger partial charge is 0.233 e. The van der Waals surface area contributed by atoms with E-state index in [4.69, 9.17) is 0 Å². The molecule has 1 aromatic heterocycles. The molecule has 1 heterocycles. The van der Waals surface area contributed by atoms with E-state index in [2.05, 4.69) is 16.8 Å². The van der Waals surface area contributed by atoms with Gasteiger partial charge in [-0.1, -0.05) is 13.8 Å². The summed E-state index contributed by atoms with van der Waals surface area (Å²) in [5, 5.41) is 4.41. The van der Waals surface area contributed by atoms with Crippen molar-refractivity contribution < 1.29 is 9.18 Å². The first-order valence-corrected chi connectivity index (χ1v) is 9.44. The van der Waals surface area contributed by atoms with Crippen molar-refractivity contribution >= 4 is 35.8 Å². The molecule has 0 spiro atoms. The fourth-order valence-electron chi connectivity index (χ4n) is 2.50. The minimum Gasteiger partial charge on any atom is -0.309 e. The lowest BCUT2D eigenvalue weighted by atomic mass is 9.94. The summed E-state index contributed by atoms with van der Waals surface area (Å²) < 4.78 is 15.2. The third-order valence-electron chi connectivity index (χ3n) is 3.73. The SMILES string of the molecule is C=N/C=C(F)\C=C(/C)n1cc(N(CC)C(=O)C(C)(C)CSC)c(C)n1. The normalized spacial score (nSPS) is 13.1. The van der Waals surface area contributed by atoms with Gasteiger partial charge in [-0.2, -0.15) is 16.9 Å². The van der Waals surface area contributed by atoms with Gasteiger partial charge in [0.15, 0.2) is 0 Å².